The highest BCUT2D eigenvalue weighted by atomic mass is 35.5. The first kappa shape index (κ1) is 21.5. The van der Waals surface area contributed by atoms with E-state index in [0.29, 0.717) is 30.6 Å². The molecule has 7 nitrogen and oxygen atoms in total. The number of piperidine rings is 1. The smallest absolute Gasteiger partial charge is 0.229 e. The van der Waals surface area contributed by atoms with Crippen molar-refractivity contribution >= 4 is 34.0 Å². The molecule has 1 amide bonds. The number of halogens is 1. The Morgan fingerprint density at radius 3 is 2.60 bits per heavy atom. The van der Waals surface area contributed by atoms with Gasteiger partial charge in [-0.15, -0.1) is 12.4 Å². The van der Waals surface area contributed by atoms with Crippen molar-refractivity contribution in [3.05, 3.63) is 24.3 Å². The normalized spacial score (nSPS) is 20.2. The van der Waals surface area contributed by atoms with Gasteiger partial charge in [-0.2, -0.15) is 0 Å². The molecule has 9 heteroatoms. The largest absolute Gasteiger partial charge is 0.492 e. The zero-order valence-electron chi connectivity index (χ0n) is 14.4. The van der Waals surface area contributed by atoms with E-state index < -0.39 is 10.0 Å². The molecule has 1 aromatic carbocycles. The molecule has 0 unspecified atom stereocenters. The minimum Gasteiger partial charge on any atom is -0.492 e. The maximum Gasteiger partial charge on any atom is 0.229 e. The van der Waals surface area contributed by atoms with Gasteiger partial charge in [0.1, 0.15) is 12.4 Å². The highest BCUT2D eigenvalue weighted by molar-refractivity contribution is 7.92. The number of amides is 1. The van der Waals surface area contributed by atoms with Gasteiger partial charge in [-0.1, -0.05) is 0 Å². The van der Waals surface area contributed by atoms with Gasteiger partial charge in [-0.25, -0.2) is 8.42 Å². The van der Waals surface area contributed by atoms with Crippen LogP contribution < -0.4 is 20.1 Å². The molecule has 0 bridgehead atoms. The molecular weight excluding hydrogens is 366 g/mol. The van der Waals surface area contributed by atoms with Crippen LogP contribution in [0.4, 0.5) is 5.69 Å². The number of nitrogens with one attached hydrogen (secondary N) is 3. The van der Waals surface area contributed by atoms with Crippen molar-refractivity contribution in [1.82, 2.24) is 10.6 Å². The molecule has 2 atom stereocenters. The van der Waals surface area contributed by atoms with Crippen molar-refractivity contribution in [3.63, 3.8) is 0 Å². The van der Waals surface area contributed by atoms with Crippen LogP contribution in [0.5, 0.6) is 5.75 Å². The summed E-state index contributed by atoms with van der Waals surface area (Å²) in [5.74, 6) is 0.779. The van der Waals surface area contributed by atoms with Crippen LogP contribution in [0.2, 0.25) is 0 Å². The lowest BCUT2D eigenvalue weighted by Gasteiger charge is -2.27. The second kappa shape index (κ2) is 9.84. The fourth-order valence-electron chi connectivity index (χ4n) is 2.69. The fraction of sp³-hybridized carbons (Fsp3) is 0.562. The quantitative estimate of drug-likeness (QED) is 0.610. The van der Waals surface area contributed by atoms with Crippen LogP contribution in [0.3, 0.4) is 0 Å². The average molecular weight is 392 g/mol. The third-order valence-electron chi connectivity index (χ3n) is 3.82. The summed E-state index contributed by atoms with van der Waals surface area (Å²) in [6.07, 6.45) is 2.83. The number of benzene rings is 1. The molecule has 3 N–H and O–H groups in total. The van der Waals surface area contributed by atoms with Crippen LogP contribution in [-0.4, -0.2) is 46.3 Å². The van der Waals surface area contributed by atoms with Crippen molar-refractivity contribution in [3.8, 4) is 5.75 Å². The number of anilines is 1. The van der Waals surface area contributed by atoms with E-state index in [1.165, 1.54) is 0 Å². The van der Waals surface area contributed by atoms with Crippen molar-refractivity contribution in [2.24, 2.45) is 5.92 Å². The Bertz CT molecular complexity index is 652. The topological polar surface area (TPSA) is 96.5 Å². The molecule has 1 aliphatic heterocycles. The second-order valence-corrected chi connectivity index (χ2v) is 7.86. The van der Waals surface area contributed by atoms with Gasteiger partial charge >= 0.3 is 0 Å². The molecule has 142 valence electrons. The molecule has 25 heavy (non-hydrogen) atoms. The fourth-order valence-corrected chi connectivity index (χ4v) is 3.26. The summed E-state index contributed by atoms with van der Waals surface area (Å²) in [5.41, 5.74) is 0.484. The SMILES string of the molecule is C[C@H]1C[C@@H](C(=O)NCCOc2ccc(NS(C)(=O)=O)cc2)CCN1.Cl. The molecule has 2 rings (SSSR count). The zero-order valence-corrected chi connectivity index (χ0v) is 16.1. The molecule has 0 radical (unpaired) electrons. The van der Waals surface area contributed by atoms with E-state index in [9.17, 15) is 13.2 Å². The van der Waals surface area contributed by atoms with Gasteiger partial charge < -0.3 is 15.4 Å². The van der Waals surface area contributed by atoms with Crippen LogP contribution in [0.15, 0.2) is 24.3 Å². The minimum absolute atomic E-state index is 0. The lowest BCUT2D eigenvalue weighted by atomic mass is 9.92. The van der Waals surface area contributed by atoms with E-state index in [1.807, 2.05) is 0 Å². The Kier molecular flexibility index (Phi) is 8.47. The third kappa shape index (κ3) is 7.94. The second-order valence-electron chi connectivity index (χ2n) is 6.11. The van der Waals surface area contributed by atoms with Gasteiger partial charge in [0, 0.05) is 17.6 Å². The Hall–Kier alpha value is -1.51. The number of carbonyl (C=O) groups excluding carboxylic acids is 1. The summed E-state index contributed by atoms with van der Waals surface area (Å²) in [6, 6.07) is 7.01. The molecular formula is C16H26ClN3O4S. The van der Waals surface area contributed by atoms with Crippen molar-refractivity contribution in [2.75, 3.05) is 30.7 Å². The summed E-state index contributed by atoms with van der Waals surface area (Å²) < 4.78 is 30.2. The Morgan fingerprint density at radius 2 is 2.00 bits per heavy atom. The van der Waals surface area contributed by atoms with Crippen LogP contribution >= 0.6 is 12.4 Å². The van der Waals surface area contributed by atoms with Crippen molar-refractivity contribution in [2.45, 2.75) is 25.8 Å². The summed E-state index contributed by atoms with van der Waals surface area (Å²) >= 11 is 0. The summed E-state index contributed by atoms with van der Waals surface area (Å²) in [7, 11) is -3.28. The molecule has 0 saturated carbocycles. The van der Waals surface area contributed by atoms with E-state index in [4.69, 9.17) is 4.74 Å². The highest BCUT2D eigenvalue weighted by Crippen LogP contribution is 2.17. The monoisotopic (exact) mass is 391 g/mol. The summed E-state index contributed by atoms with van der Waals surface area (Å²) in [5, 5.41) is 6.23. The number of carbonyl (C=O) groups is 1. The Morgan fingerprint density at radius 1 is 1.32 bits per heavy atom. The predicted molar refractivity (Wildman–Crippen MR) is 101 cm³/mol. The number of rotatable bonds is 7. The molecule has 0 aliphatic carbocycles. The molecule has 0 spiro atoms. The number of hydrogen-bond donors (Lipinski definition) is 3. The third-order valence-corrected chi connectivity index (χ3v) is 4.43. The minimum atomic E-state index is -3.28. The first-order chi connectivity index (χ1) is 11.3. The maximum atomic E-state index is 12.1. The van der Waals surface area contributed by atoms with Crippen LogP contribution in [-0.2, 0) is 14.8 Å². The van der Waals surface area contributed by atoms with Gasteiger partial charge in [-0.3, -0.25) is 9.52 Å². The Labute approximate surface area is 155 Å². The highest BCUT2D eigenvalue weighted by Gasteiger charge is 2.24. The van der Waals surface area contributed by atoms with E-state index in [-0.39, 0.29) is 24.2 Å². The molecule has 1 heterocycles. The van der Waals surface area contributed by atoms with Gasteiger partial charge in [-0.05, 0) is 50.6 Å². The molecule has 1 aromatic rings. The van der Waals surface area contributed by atoms with E-state index in [1.54, 1.807) is 24.3 Å². The van der Waals surface area contributed by atoms with Crippen LogP contribution in [0, 0.1) is 5.92 Å². The van der Waals surface area contributed by atoms with E-state index in [0.717, 1.165) is 25.6 Å². The van der Waals surface area contributed by atoms with Crippen LogP contribution in [0.25, 0.3) is 0 Å². The van der Waals surface area contributed by atoms with Gasteiger partial charge in [0.05, 0.1) is 12.8 Å². The van der Waals surface area contributed by atoms with Crippen LogP contribution in [0.1, 0.15) is 19.8 Å². The van der Waals surface area contributed by atoms with Gasteiger partial charge in [0.25, 0.3) is 0 Å². The van der Waals surface area contributed by atoms with E-state index in [2.05, 4.69) is 22.3 Å². The first-order valence-corrected chi connectivity index (χ1v) is 9.94. The number of sulfonamides is 1. The predicted octanol–water partition coefficient (Wildman–Crippen LogP) is 1.36. The zero-order chi connectivity index (χ0) is 17.6. The molecule has 0 aromatic heterocycles. The summed E-state index contributed by atoms with van der Waals surface area (Å²) in [4.78, 5) is 12.1. The van der Waals surface area contributed by atoms with Gasteiger partial charge in [0.2, 0.25) is 15.9 Å². The van der Waals surface area contributed by atoms with Crippen molar-refractivity contribution in [1.29, 1.82) is 0 Å². The maximum absolute atomic E-state index is 12.1. The van der Waals surface area contributed by atoms with Crippen molar-refractivity contribution < 1.29 is 17.9 Å². The Balaban J connectivity index is 0.00000312. The summed E-state index contributed by atoms with van der Waals surface area (Å²) in [6.45, 7) is 3.78. The number of ether oxygens (including phenoxy) is 1. The first-order valence-electron chi connectivity index (χ1n) is 8.05. The average Bonchev–Trinajstić information content (AvgIpc) is 2.51. The molecule has 1 fully saturated rings. The molecule has 1 saturated heterocycles. The van der Waals surface area contributed by atoms with E-state index >= 15 is 0 Å². The lowest BCUT2D eigenvalue weighted by molar-refractivity contribution is -0.126. The van der Waals surface area contributed by atoms with Gasteiger partial charge in [0.15, 0.2) is 0 Å². The lowest BCUT2D eigenvalue weighted by Crippen LogP contribution is -2.43. The number of hydrogen-bond acceptors (Lipinski definition) is 5. The standard InChI is InChI=1S/C16H25N3O4S.ClH/c1-12-11-13(7-8-17-12)16(20)18-9-10-23-15-5-3-14(4-6-15)19-24(2,21)22;/h3-6,12-13,17,19H,7-11H2,1-2H3,(H,18,20);1H/t12-,13-;/m0./s1. The molecule has 1 aliphatic rings.